The van der Waals surface area contributed by atoms with Gasteiger partial charge in [-0.25, -0.2) is 0 Å². The van der Waals surface area contributed by atoms with Crippen LogP contribution in [0.25, 0.3) is 0 Å². The van der Waals surface area contributed by atoms with Crippen molar-refractivity contribution in [3.05, 3.63) is 53.1 Å². The number of hydrogen-bond acceptors (Lipinski definition) is 4. The second-order valence-corrected chi connectivity index (χ2v) is 10.9. The summed E-state index contributed by atoms with van der Waals surface area (Å²) in [6, 6.07) is 6.76. The van der Waals surface area contributed by atoms with Crippen LogP contribution in [0.2, 0.25) is 0 Å². The zero-order valence-electron chi connectivity index (χ0n) is 22.9. The second kappa shape index (κ2) is 15.6. The summed E-state index contributed by atoms with van der Waals surface area (Å²) in [6.45, 7) is 14.4. The fraction of sp³-hybridized carbons (Fsp3) is 0.645. The number of carbonyl (C=O) groups excluding carboxylic acids is 1. The first-order valence-electron chi connectivity index (χ1n) is 14.3. The predicted octanol–water partition coefficient (Wildman–Crippen LogP) is 7.10. The van der Waals surface area contributed by atoms with Crippen molar-refractivity contribution in [2.45, 2.75) is 77.7 Å². The molecule has 2 aliphatic heterocycles. The Bertz CT molecular complexity index is 846. The van der Waals surface area contributed by atoms with Gasteiger partial charge in [-0.2, -0.15) is 0 Å². The Balaban J connectivity index is 1.73. The average Bonchev–Trinajstić information content (AvgIpc) is 3.02. The molecule has 1 saturated heterocycles. The molecular weight excluding hydrogens is 466 g/mol. The molecule has 3 atom stereocenters. The Morgan fingerprint density at radius 2 is 1.89 bits per heavy atom. The molecule has 0 bridgehead atoms. The van der Waals surface area contributed by atoms with Crippen LogP contribution in [0, 0.1) is 5.92 Å². The number of hydrogen-bond donors (Lipinski definition) is 0. The molecule has 3 rings (SSSR count). The monoisotopic (exact) mass is 513 g/mol. The molecule has 0 aromatic heterocycles. The van der Waals surface area contributed by atoms with Crippen molar-refractivity contribution in [3.8, 4) is 0 Å². The summed E-state index contributed by atoms with van der Waals surface area (Å²) >= 11 is 5.93. The van der Waals surface area contributed by atoms with Crippen LogP contribution in [-0.2, 0) is 0 Å². The smallest absolute Gasteiger partial charge is 0.150 e. The van der Waals surface area contributed by atoms with E-state index in [1.807, 2.05) is 6.07 Å². The number of allylic oxidation sites excluding steroid dienone is 1. The normalized spacial score (nSPS) is 22.0. The highest BCUT2D eigenvalue weighted by Gasteiger charge is 2.40. The van der Waals surface area contributed by atoms with Gasteiger partial charge in [-0.3, -0.25) is 9.69 Å². The van der Waals surface area contributed by atoms with Gasteiger partial charge in [0.25, 0.3) is 0 Å². The summed E-state index contributed by atoms with van der Waals surface area (Å²) in [4.78, 5) is 19.4. The number of anilines is 1. The Labute approximate surface area is 225 Å². The molecular formula is C31H48ClN3O. The number of aldehydes is 1. The van der Waals surface area contributed by atoms with E-state index >= 15 is 0 Å². The number of halogens is 1. The van der Waals surface area contributed by atoms with Crippen LogP contribution in [0.1, 0.15) is 87.6 Å². The molecule has 1 aromatic rings. The minimum Gasteiger partial charge on any atom is -0.366 e. The highest BCUT2D eigenvalue weighted by Crippen LogP contribution is 2.47. The van der Waals surface area contributed by atoms with Gasteiger partial charge in [-0.15, -0.1) is 0 Å². The van der Waals surface area contributed by atoms with Crippen molar-refractivity contribution in [3.63, 3.8) is 0 Å². The Morgan fingerprint density at radius 1 is 1.11 bits per heavy atom. The quantitative estimate of drug-likeness (QED) is 0.196. The molecule has 2 aliphatic rings. The fourth-order valence-corrected chi connectivity index (χ4v) is 6.21. The van der Waals surface area contributed by atoms with Gasteiger partial charge in [0.05, 0.1) is 0 Å². The maximum atomic E-state index is 11.6. The van der Waals surface area contributed by atoms with Crippen molar-refractivity contribution < 1.29 is 4.79 Å². The zero-order chi connectivity index (χ0) is 25.8. The first-order chi connectivity index (χ1) is 17.6. The lowest BCUT2D eigenvalue weighted by atomic mass is 9.81. The highest BCUT2D eigenvalue weighted by molar-refractivity contribution is 6.25. The lowest BCUT2D eigenvalue weighted by molar-refractivity contribution is 0.112. The van der Waals surface area contributed by atoms with Crippen molar-refractivity contribution in [2.75, 3.05) is 50.7 Å². The van der Waals surface area contributed by atoms with Gasteiger partial charge >= 0.3 is 0 Å². The van der Waals surface area contributed by atoms with E-state index in [-0.39, 0.29) is 0 Å². The summed E-state index contributed by atoms with van der Waals surface area (Å²) in [5, 5.41) is 0. The van der Waals surface area contributed by atoms with Crippen LogP contribution in [-0.4, -0.2) is 67.9 Å². The molecule has 1 fully saturated rings. The topological polar surface area (TPSA) is 26.8 Å². The van der Waals surface area contributed by atoms with Gasteiger partial charge in [0.1, 0.15) is 6.29 Å². The van der Waals surface area contributed by atoms with E-state index in [2.05, 4.69) is 65.8 Å². The van der Waals surface area contributed by atoms with E-state index in [0.717, 1.165) is 50.9 Å². The molecule has 200 valence electrons. The number of likely N-dealkylation sites (tertiary alicyclic amines) is 1. The standard InChI is InChI=1S/C31H48ClN3O/c1-4-6-13-29-31(26(3)5-2)28-15-14-27(25-36)24-30(28)35(29)23-22-34(19-11-16-32)21-12-20-33-17-9-7-8-10-18-33/h4,6,11,14-16,24-26,29,31H,5,7-10,12-13,17-23H2,1-3H3/b6-4-,16-11+. The molecule has 0 spiro atoms. The fourth-order valence-electron chi connectivity index (χ4n) is 6.13. The summed E-state index contributed by atoms with van der Waals surface area (Å²) in [7, 11) is 0. The summed E-state index contributed by atoms with van der Waals surface area (Å²) in [5.41, 5.74) is 5.10. The Hall–Kier alpha value is -1.62. The maximum Gasteiger partial charge on any atom is 0.150 e. The Morgan fingerprint density at radius 3 is 2.56 bits per heavy atom. The van der Waals surface area contributed by atoms with E-state index in [0.29, 0.717) is 17.9 Å². The van der Waals surface area contributed by atoms with E-state index < -0.39 is 0 Å². The largest absolute Gasteiger partial charge is 0.366 e. The van der Waals surface area contributed by atoms with Crippen molar-refractivity contribution in [2.24, 2.45) is 5.92 Å². The summed E-state index contributed by atoms with van der Waals surface area (Å²) in [6.07, 6.45) is 16.4. The minimum absolute atomic E-state index is 0.426. The van der Waals surface area contributed by atoms with Crippen LogP contribution >= 0.6 is 11.6 Å². The summed E-state index contributed by atoms with van der Waals surface area (Å²) < 4.78 is 0. The van der Waals surface area contributed by atoms with Gasteiger partial charge in [-0.05, 0) is 76.3 Å². The molecule has 0 radical (unpaired) electrons. The van der Waals surface area contributed by atoms with Crippen molar-refractivity contribution >= 4 is 23.6 Å². The van der Waals surface area contributed by atoms with Crippen LogP contribution < -0.4 is 4.90 Å². The highest BCUT2D eigenvalue weighted by atomic mass is 35.5. The van der Waals surface area contributed by atoms with E-state index in [1.54, 1.807) is 5.54 Å². The van der Waals surface area contributed by atoms with Crippen LogP contribution in [0.3, 0.4) is 0 Å². The van der Waals surface area contributed by atoms with Gasteiger partial charge in [0.15, 0.2) is 0 Å². The number of carbonyl (C=O) groups is 1. The first kappa shape index (κ1) is 28.9. The third kappa shape index (κ3) is 7.94. The first-order valence-corrected chi connectivity index (χ1v) is 14.7. The van der Waals surface area contributed by atoms with Gasteiger partial charge in [0, 0.05) is 48.4 Å². The molecule has 0 aliphatic carbocycles. The Kier molecular flexibility index (Phi) is 12.5. The van der Waals surface area contributed by atoms with Crippen LogP contribution in [0.4, 0.5) is 5.69 Å². The molecule has 2 heterocycles. The number of rotatable bonds is 14. The maximum absolute atomic E-state index is 11.6. The van der Waals surface area contributed by atoms with Crippen molar-refractivity contribution in [1.82, 2.24) is 9.80 Å². The number of fused-ring (bicyclic) bond motifs is 1. The van der Waals surface area contributed by atoms with Crippen LogP contribution in [0.15, 0.2) is 42.0 Å². The molecule has 4 nitrogen and oxygen atoms in total. The molecule has 5 heteroatoms. The third-order valence-corrected chi connectivity index (χ3v) is 8.48. The third-order valence-electron chi connectivity index (χ3n) is 8.30. The zero-order valence-corrected chi connectivity index (χ0v) is 23.6. The van der Waals surface area contributed by atoms with Gasteiger partial charge in [0.2, 0.25) is 0 Å². The molecule has 0 N–H and O–H groups in total. The second-order valence-electron chi connectivity index (χ2n) is 10.7. The van der Waals surface area contributed by atoms with Gasteiger partial charge in [-0.1, -0.05) is 75.1 Å². The van der Waals surface area contributed by atoms with E-state index in [1.165, 1.54) is 63.0 Å². The lowest BCUT2D eigenvalue weighted by Crippen LogP contribution is -2.42. The van der Waals surface area contributed by atoms with E-state index in [9.17, 15) is 4.79 Å². The molecule has 36 heavy (non-hydrogen) atoms. The van der Waals surface area contributed by atoms with Crippen LogP contribution in [0.5, 0.6) is 0 Å². The predicted molar refractivity (Wildman–Crippen MR) is 156 cm³/mol. The number of benzene rings is 1. The lowest BCUT2D eigenvalue weighted by Gasteiger charge is -2.34. The number of nitrogens with zero attached hydrogens (tertiary/aromatic N) is 3. The van der Waals surface area contributed by atoms with Crippen molar-refractivity contribution in [1.29, 1.82) is 0 Å². The molecule has 0 amide bonds. The SMILES string of the molecule is C/C=C\CC1C(C(C)CC)c2ccc(C=O)cc2N1CCN(C/C=C/Cl)CCCN1CCCCCC1. The average molecular weight is 514 g/mol. The molecule has 0 saturated carbocycles. The molecule has 1 aromatic carbocycles. The van der Waals surface area contributed by atoms with Gasteiger partial charge < -0.3 is 9.80 Å². The summed E-state index contributed by atoms with van der Waals surface area (Å²) in [5.74, 6) is 1.08. The van der Waals surface area contributed by atoms with E-state index in [4.69, 9.17) is 11.6 Å². The minimum atomic E-state index is 0.426. The molecule has 3 unspecified atom stereocenters.